The molecule has 4 fully saturated rings. The molecule has 0 heterocycles. The predicted molar refractivity (Wildman–Crippen MR) is 115 cm³/mol. The minimum Gasteiger partial charge on any atom is -0.497 e. The summed E-state index contributed by atoms with van der Waals surface area (Å²) in [5.41, 5.74) is 0.886. The van der Waals surface area contributed by atoms with Gasteiger partial charge in [-0.1, -0.05) is 0 Å². The number of benzene rings is 1. The largest absolute Gasteiger partial charge is 0.497 e. The van der Waals surface area contributed by atoms with Crippen molar-refractivity contribution in [2.45, 2.75) is 51.5 Å². The third-order valence-corrected chi connectivity index (χ3v) is 7.50. The van der Waals surface area contributed by atoms with Crippen LogP contribution >= 0.6 is 0 Å². The summed E-state index contributed by atoms with van der Waals surface area (Å²) in [4.78, 5) is 12.9. The van der Waals surface area contributed by atoms with E-state index in [1.165, 1.54) is 44.7 Å². The molecule has 6 nitrogen and oxygen atoms in total. The fourth-order valence-corrected chi connectivity index (χ4v) is 6.36. The average molecular weight is 410 g/mol. The molecule has 1 amide bonds. The second-order valence-electron chi connectivity index (χ2n) is 9.36. The van der Waals surface area contributed by atoms with Gasteiger partial charge in [-0.05, 0) is 80.8 Å². The van der Waals surface area contributed by atoms with Crippen LogP contribution in [-0.2, 0) is 4.79 Å². The molecule has 1 aromatic carbocycles. The van der Waals surface area contributed by atoms with Crippen molar-refractivity contribution in [3.8, 4) is 17.6 Å². The van der Waals surface area contributed by atoms with Crippen molar-refractivity contribution in [3.63, 3.8) is 0 Å². The van der Waals surface area contributed by atoms with E-state index in [1.807, 2.05) is 6.07 Å². The van der Waals surface area contributed by atoms with E-state index in [0.717, 1.165) is 17.8 Å². The van der Waals surface area contributed by atoms with Gasteiger partial charge < -0.3 is 20.1 Å². The Morgan fingerprint density at radius 3 is 2.33 bits per heavy atom. The van der Waals surface area contributed by atoms with E-state index in [9.17, 15) is 10.1 Å². The van der Waals surface area contributed by atoms with Crippen molar-refractivity contribution in [2.75, 3.05) is 19.5 Å². The molecule has 1 aromatic rings. The number of carbonyl (C=O) groups excluding carboxylic acids is 1. The first-order valence-electron chi connectivity index (χ1n) is 10.9. The van der Waals surface area contributed by atoms with Crippen molar-refractivity contribution in [1.82, 2.24) is 5.32 Å². The number of ether oxygens (including phenoxy) is 2. The van der Waals surface area contributed by atoms with Gasteiger partial charge in [0.1, 0.15) is 23.1 Å². The van der Waals surface area contributed by atoms with Crippen molar-refractivity contribution >= 4 is 11.6 Å². The Kier molecular flexibility index (Phi) is 5.64. The third kappa shape index (κ3) is 3.86. The first-order valence-corrected chi connectivity index (χ1v) is 10.9. The van der Waals surface area contributed by atoms with Crippen LogP contribution in [0.1, 0.15) is 45.4 Å². The van der Waals surface area contributed by atoms with Gasteiger partial charge in [-0.25, -0.2) is 0 Å². The van der Waals surface area contributed by atoms with Gasteiger partial charge in [0.25, 0.3) is 5.91 Å². The maximum atomic E-state index is 12.9. The number of methoxy groups -OCH3 is 2. The highest BCUT2D eigenvalue weighted by Crippen LogP contribution is 2.61. The molecular weight excluding hydrogens is 378 g/mol. The fourth-order valence-electron chi connectivity index (χ4n) is 6.36. The molecule has 0 radical (unpaired) electrons. The smallest absolute Gasteiger partial charge is 0.263 e. The number of anilines is 1. The normalized spacial score (nSPS) is 30.3. The van der Waals surface area contributed by atoms with Gasteiger partial charge in [-0.2, -0.15) is 5.26 Å². The summed E-state index contributed by atoms with van der Waals surface area (Å²) in [6.45, 7) is 2.12. The predicted octanol–water partition coefficient (Wildman–Crippen LogP) is 4.24. The molecule has 5 rings (SSSR count). The minimum absolute atomic E-state index is 0.0523. The Morgan fingerprint density at radius 1 is 1.17 bits per heavy atom. The SMILES string of the molecule is COc1ccc(OC)c(N/C=C(/C#N)C(=O)NC(C)C23CC4CC(CC(C4)C2)C3)c1. The van der Waals surface area contributed by atoms with Gasteiger partial charge in [0.2, 0.25) is 0 Å². The molecule has 4 bridgehead atoms. The number of nitrogens with one attached hydrogen (secondary N) is 2. The lowest BCUT2D eigenvalue weighted by Crippen LogP contribution is -2.56. The highest BCUT2D eigenvalue weighted by molar-refractivity contribution is 5.97. The zero-order valence-corrected chi connectivity index (χ0v) is 18.0. The van der Waals surface area contributed by atoms with Gasteiger partial charge in [0, 0.05) is 18.3 Å². The van der Waals surface area contributed by atoms with Crippen LogP contribution in [0.4, 0.5) is 5.69 Å². The van der Waals surface area contributed by atoms with Crippen LogP contribution in [0.15, 0.2) is 30.0 Å². The van der Waals surface area contributed by atoms with E-state index >= 15 is 0 Å². The number of hydrogen-bond acceptors (Lipinski definition) is 5. The standard InChI is InChI=1S/C24H31N3O3/c1-15(24-10-16-6-17(11-24)8-18(7-16)12-24)27-23(28)19(13-25)14-26-21-9-20(29-2)4-5-22(21)30-3/h4-5,9,14-18,26H,6-8,10-12H2,1-3H3,(H,27,28)/b19-14-. The van der Waals surface area contributed by atoms with Gasteiger partial charge in [-0.3, -0.25) is 4.79 Å². The molecule has 0 aromatic heterocycles. The van der Waals surface area contributed by atoms with Crippen LogP contribution in [0.5, 0.6) is 11.5 Å². The third-order valence-electron chi connectivity index (χ3n) is 7.50. The molecule has 4 aliphatic carbocycles. The lowest BCUT2D eigenvalue weighted by atomic mass is 9.48. The van der Waals surface area contributed by atoms with Crippen LogP contribution in [0, 0.1) is 34.5 Å². The molecule has 30 heavy (non-hydrogen) atoms. The second kappa shape index (κ2) is 8.22. The summed E-state index contributed by atoms with van der Waals surface area (Å²) >= 11 is 0. The zero-order chi connectivity index (χ0) is 21.3. The Morgan fingerprint density at radius 2 is 1.80 bits per heavy atom. The first kappa shape index (κ1) is 20.6. The van der Waals surface area contributed by atoms with Crippen molar-refractivity contribution in [3.05, 3.63) is 30.0 Å². The fraction of sp³-hybridized carbons (Fsp3) is 0.583. The van der Waals surface area contributed by atoms with Crippen molar-refractivity contribution in [1.29, 1.82) is 5.26 Å². The topological polar surface area (TPSA) is 83.4 Å². The molecule has 1 atom stereocenters. The quantitative estimate of drug-likeness (QED) is 0.520. The highest BCUT2D eigenvalue weighted by atomic mass is 16.5. The van der Waals surface area contributed by atoms with Gasteiger partial charge in [0.05, 0.1) is 19.9 Å². The second-order valence-corrected chi connectivity index (χ2v) is 9.36. The van der Waals surface area contributed by atoms with Gasteiger partial charge in [-0.15, -0.1) is 0 Å². The number of rotatable bonds is 7. The lowest BCUT2D eigenvalue weighted by molar-refractivity contribution is -0.122. The molecule has 1 unspecified atom stereocenters. The lowest BCUT2D eigenvalue weighted by Gasteiger charge is -2.59. The summed E-state index contributed by atoms with van der Waals surface area (Å²) in [5, 5.41) is 15.8. The van der Waals surface area contributed by atoms with Crippen molar-refractivity contribution < 1.29 is 14.3 Å². The van der Waals surface area contributed by atoms with E-state index < -0.39 is 0 Å². The van der Waals surface area contributed by atoms with Gasteiger partial charge in [0.15, 0.2) is 0 Å². The Hall–Kier alpha value is -2.68. The van der Waals surface area contributed by atoms with Gasteiger partial charge >= 0.3 is 0 Å². The van der Waals surface area contributed by atoms with Crippen LogP contribution < -0.4 is 20.1 Å². The number of nitriles is 1. The molecule has 0 aliphatic heterocycles. The maximum Gasteiger partial charge on any atom is 0.263 e. The molecule has 0 saturated heterocycles. The Labute approximate surface area is 178 Å². The van der Waals surface area contributed by atoms with E-state index in [0.29, 0.717) is 17.2 Å². The summed E-state index contributed by atoms with van der Waals surface area (Å²) in [7, 11) is 3.16. The van der Waals surface area contributed by atoms with Crippen LogP contribution in [-0.4, -0.2) is 26.2 Å². The molecule has 0 spiro atoms. The van der Waals surface area contributed by atoms with E-state index in [1.54, 1.807) is 32.4 Å². The van der Waals surface area contributed by atoms with E-state index in [-0.39, 0.29) is 22.9 Å². The molecule has 4 saturated carbocycles. The monoisotopic (exact) mass is 409 g/mol. The summed E-state index contributed by atoms with van der Waals surface area (Å²) in [6, 6.07) is 7.43. The minimum atomic E-state index is -0.324. The molecule has 4 aliphatic rings. The summed E-state index contributed by atoms with van der Waals surface area (Å²) in [6.07, 6.45) is 9.20. The average Bonchev–Trinajstić information content (AvgIpc) is 2.73. The maximum absolute atomic E-state index is 12.9. The number of hydrogen-bond donors (Lipinski definition) is 2. The Bertz CT molecular complexity index is 851. The molecule has 2 N–H and O–H groups in total. The molecular formula is C24H31N3O3. The van der Waals surface area contributed by atoms with E-state index in [2.05, 4.69) is 17.6 Å². The van der Waals surface area contributed by atoms with Crippen LogP contribution in [0.2, 0.25) is 0 Å². The zero-order valence-electron chi connectivity index (χ0n) is 18.0. The van der Waals surface area contributed by atoms with E-state index in [4.69, 9.17) is 9.47 Å². The number of nitrogens with zero attached hydrogens (tertiary/aromatic N) is 1. The molecule has 6 heteroatoms. The first-order chi connectivity index (χ1) is 14.5. The van der Waals surface area contributed by atoms with Crippen LogP contribution in [0.3, 0.4) is 0 Å². The highest BCUT2D eigenvalue weighted by Gasteiger charge is 2.53. The number of amides is 1. The number of carbonyl (C=O) groups is 1. The summed E-state index contributed by atoms with van der Waals surface area (Å²) < 4.78 is 10.6. The molecule has 160 valence electrons. The van der Waals surface area contributed by atoms with Crippen molar-refractivity contribution in [2.24, 2.45) is 23.2 Å². The Balaban J connectivity index is 1.45. The van der Waals surface area contributed by atoms with Crippen LogP contribution in [0.25, 0.3) is 0 Å². The summed E-state index contributed by atoms with van der Waals surface area (Å²) in [5.74, 6) is 3.41.